The van der Waals surface area contributed by atoms with E-state index in [1.807, 2.05) is 6.92 Å². The van der Waals surface area contributed by atoms with Crippen LogP contribution in [0.4, 0.5) is 0 Å². The minimum atomic E-state index is -0.184. The predicted octanol–water partition coefficient (Wildman–Crippen LogP) is 2.68. The molecule has 84 valence electrons. The standard InChI is InChI=1S/C13H22N2/c1-4-13(15,5-2)12-8-6-11(7-9-12)10(3)14/h6-10H,4-5,14-15H2,1-3H3. The van der Waals surface area contributed by atoms with Crippen LogP contribution in [0.3, 0.4) is 0 Å². The molecule has 1 aromatic carbocycles. The van der Waals surface area contributed by atoms with E-state index in [0.29, 0.717) is 0 Å². The first-order valence-corrected chi connectivity index (χ1v) is 5.68. The molecule has 15 heavy (non-hydrogen) atoms. The lowest BCUT2D eigenvalue weighted by molar-refractivity contribution is 0.412. The minimum Gasteiger partial charge on any atom is -0.324 e. The molecule has 1 aromatic rings. The fourth-order valence-corrected chi connectivity index (χ4v) is 1.78. The highest BCUT2D eigenvalue weighted by Gasteiger charge is 2.22. The van der Waals surface area contributed by atoms with Crippen molar-refractivity contribution in [1.82, 2.24) is 0 Å². The molecule has 0 aromatic heterocycles. The quantitative estimate of drug-likeness (QED) is 0.795. The molecular weight excluding hydrogens is 184 g/mol. The molecule has 0 amide bonds. The second-order valence-corrected chi connectivity index (χ2v) is 4.27. The lowest BCUT2D eigenvalue weighted by atomic mass is 9.85. The van der Waals surface area contributed by atoms with E-state index in [1.165, 1.54) is 5.56 Å². The number of hydrogen-bond acceptors (Lipinski definition) is 2. The maximum Gasteiger partial charge on any atom is 0.0404 e. The van der Waals surface area contributed by atoms with Crippen LogP contribution < -0.4 is 11.5 Å². The summed E-state index contributed by atoms with van der Waals surface area (Å²) in [6.07, 6.45) is 1.92. The average Bonchev–Trinajstić information content (AvgIpc) is 2.28. The van der Waals surface area contributed by atoms with Gasteiger partial charge in [0.15, 0.2) is 0 Å². The van der Waals surface area contributed by atoms with E-state index < -0.39 is 0 Å². The van der Waals surface area contributed by atoms with Gasteiger partial charge in [-0.05, 0) is 30.9 Å². The van der Waals surface area contributed by atoms with Crippen molar-refractivity contribution >= 4 is 0 Å². The highest BCUT2D eigenvalue weighted by Crippen LogP contribution is 2.26. The fraction of sp³-hybridized carbons (Fsp3) is 0.538. The van der Waals surface area contributed by atoms with E-state index in [1.54, 1.807) is 0 Å². The van der Waals surface area contributed by atoms with Gasteiger partial charge in [-0.15, -0.1) is 0 Å². The van der Waals surface area contributed by atoms with Gasteiger partial charge in [-0.25, -0.2) is 0 Å². The summed E-state index contributed by atoms with van der Waals surface area (Å²) in [6.45, 7) is 6.25. The Bertz CT molecular complexity index is 297. The minimum absolute atomic E-state index is 0.0921. The van der Waals surface area contributed by atoms with Crippen molar-refractivity contribution in [3.05, 3.63) is 35.4 Å². The molecule has 4 N–H and O–H groups in total. The number of hydrogen-bond donors (Lipinski definition) is 2. The summed E-state index contributed by atoms with van der Waals surface area (Å²) in [6, 6.07) is 8.45. The van der Waals surface area contributed by atoms with Crippen molar-refractivity contribution in [1.29, 1.82) is 0 Å². The van der Waals surface area contributed by atoms with Crippen LogP contribution in [0.1, 0.15) is 50.8 Å². The molecule has 0 spiro atoms. The van der Waals surface area contributed by atoms with Crippen LogP contribution in [0.5, 0.6) is 0 Å². The van der Waals surface area contributed by atoms with Crippen molar-refractivity contribution in [2.24, 2.45) is 11.5 Å². The van der Waals surface area contributed by atoms with Gasteiger partial charge in [0.2, 0.25) is 0 Å². The molecule has 0 saturated heterocycles. The molecular formula is C13H22N2. The molecule has 0 bridgehead atoms. The maximum atomic E-state index is 6.31. The highest BCUT2D eigenvalue weighted by atomic mass is 14.7. The Kier molecular flexibility index (Phi) is 3.89. The Morgan fingerprint density at radius 2 is 1.60 bits per heavy atom. The molecule has 1 atom stereocenters. The molecule has 0 aliphatic carbocycles. The number of nitrogens with two attached hydrogens (primary N) is 2. The van der Waals surface area contributed by atoms with Crippen LogP contribution in [0.15, 0.2) is 24.3 Å². The Balaban J connectivity index is 2.97. The van der Waals surface area contributed by atoms with Gasteiger partial charge in [0.05, 0.1) is 0 Å². The van der Waals surface area contributed by atoms with Gasteiger partial charge in [0, 0.05) is 11.6 Å². The lowest BCUT2D eigenvalue weighted by Crippen LogP contribution is -2.35. The van der Waals surface area contributed by atoms with Gasteiger partial charge >= 0.3 is 0 Å². The molecule has 2 nitrogen and oxygen atoms in total. The van der Waals surface area contributed by atoms with Gasteiger partial charge in [-0.2, -0.15) is 0 Å². The molecule has 0 saturated carbocycles. The van der Waals surface area contributed by atoms with Crippen molar-refractivity contribution in [2.45, 2.75) is 45.2 Å². The topological polar surface area (TPSA) is 52.0 Å². The van der Waals surface area contributed by atoms with Gasteiger partial charge in [-0.3, -0.25) is 0 Å². The Morgan fingerprint density at radius 1 is 1.13 bits per heavy atom. The fourth-order valence-electron chi connectivity index (χ4n) is 1.78. The first-order chi connectivity index (χ1) is 7.03. The van der Waals surface area contributed by atoms with Crippen LogP contribution >= 0.6 is 0 Å². The third-order valence-corrected chi connectivity index (χ3v) is 3.27. The first-order valence-electron chi connectivity index (χ1n) is 5.68. The summed E-state index contributed by atoms with van der Waals surface area (Å²) in [5.41, 5.74) is 14.3. The summed E-state index contributed by atoms with van der Waals surface area (Å²) < 4.78 is 0. The zero-order chi connectivity index (χ0) is 11.5. The van der Waals surface area contributed by atoms with E-state index >= 15 is 0 Å². The van der Waals surface area contributed by atoms with Gasteiger partial charge in [-0.1, -0.05) is 38.1 Å². The van der Waals surface area contributed by atoms with Crippen molar-refractivity contribution < 1.29 is 0 Å². The number of rotatable bonds is 4. The summed E-state index contributed by atoms with van der Waals surface area (Å²) in [4.78, 5) is 0. The molecule has 0 fully saturated rings. The summed E-state index contributed by atoms with van der Waals surface area (Å²) in [7, 11) is 0. The average molecular weight is 206 g/mol. The van der Waals surface area contributed by atoms with Crippen LogP contribution in [-0.2, 0) is 5.54 Å². The monoisotopic (exact) mass is 206 g/mol. The molecule has 1 unspecified atom stereocenters. The van der Waals surface area contributed by atoms with E-state index in [2.05, 4.69) is 38.1 Å². The van der Waals surface area contributed by atoms with Crippen LogP contribution in [-0.4, -0.2) is 0 Å². The first kappa shape index (κ1) is 12.2. The van der Waals surface area contributed by atoms with E-state index in [4.69, 9.17) is 11.5 Å². The van der Waals surface area contributed by atoms with E-state index in [9.17, 15) is 0 Å². The lowest BCUT2D eigenvalue weighted by Gasteiger charge is -2.27. The van der Waals surface area contributed by atoms with Crippen LogP contribution in [0, 0.1) is 0 Å². The molecule has 0 aliphatic heterocycles. The second-order valence-electron chi connectivity index (χ2n) is 4.27. The van der Waals surface area contributed by atoms with Crippen molar-refractivity contribution in [3.63, 3.8) is 0 Å². The Labute approximate surface area is 92.7 Å². The summed E-state index contributed by atoms with van der Waals surface area (Å²) in [5, 5.41) is 0. The molecule has 0 radical (unpaired) electrons. The zero-order valence-electron chi connectivity index (χ0n) is 9.96. The molecule has 0 heterocycles. The molecule has 1 rings (SSSR count). The maximum absolute atomic E-state index is 6.31. The molecule has 0 aliphatic rings. The zero-order valence-corrected chi connectivity index (χ0v) is 9.96. The van der Waals surface area contributed by atoms with Crippen molar-refractivity contribution in [3.8, 4) is 0 Å². The van der Waals surface area contributed by atoms with Gasteiger partial charge in [0.25, 0.3) is 0 Å². The third-order valence-electron chi connectivity index (χ3n) is 3.27. The predicted molar refractivity (Wildman–Crippen MR) is 65.5 cm³/mol. The smallest absolute Gasteiger partial charge is 0.0404 e. The van der Waals surface area contributed by atoms with Gasteiger partial charge in [0.1, 0.15) is 0 Å². The van der Waals surface area contributed by atoms with E-state index in [-0.39, 0.29) is 11.6 Å². The van der Waals surface area contributed by atoms with Crippen LogP contribution in [0.25, 0.3) is 0 Å². The number of benzene rings is 1. The largest absolute Gasteiger partial charge is 0.324 e. The van der Waals surface area contributed by atoms with Gasteiger partial charge < -0.3 is 11.5 Å². The third kappa shape index (κ3) is 2.58. The second kappa shape index (κ2) is 4.77. The Hall–Kier alpha value is -0.860. The Morgan fingerprint density at radius 3 is 1.93 bits per heavy atom. The molecule has 2 heteroatoms. The normalized spacial score (nSPS) is 13.9. The van der Waals surface area contributed by atoms with E-state index in [0.717, 1.165) is 18.4 Å². The SMILES string of the molecule is CCC(N)(CC)c1ccc(C(C)N)cc1. The van der Waals surface area contributed by atoms with Crippen LogP contribution in [0.2, 0.25) is 0 Å². The highest BCUT2D eigenvalue weighted by molar-refractivity contribution is 5.29. The summed E-state index contributed by atoms with van der Waals surface area (Å²) >= 11 is 0. The summed E-state index contributed by atoms with van der Waals surface area (Å²) in [5.74, 6) is 0. The van der Waals surface area contributed by atoms with Crippen molar-refractivity contribution in [2.75, 3.05) is 0 Å².